The highest BCUT2D eigenvalue weighted by Crippen LogP contribution is 2.39. The molecular weight excluding hydrogens is 220 g/mol. The van der Waals surface area contributed by atoms with E-state index >= 15 is 0 Å². The van der Waals surface area contributed by atoms with Gasteiger partial charge in [-0.1, -0.05) is 18.2 Å². The third-order valence-corrected chi connectivity index (χ3v) is 2.36. The lowest BCUT2D eigenvalue weighted by Crippen LogP contribution is -2.57. The lowest BCUT2D eigenvalue weighted by Gasteiger charge is -2.31. The molecule has 1 aromatic rings. The third kappa shape index (κ3) is 1.71. The highest BCUT2D eigenvalue weighted by Gasteiger charge is 2.56. The van der Waals surface area contributed by atoms with Crippen LogP contribution in [0.4, 0.5) is 8.78 Å². The average Bonchev–Trinajstić information content (AvgIpc) is 2.15. The number of hydrogen-bond acceptors (Lipinski definition) is 3. The van der Waals surface area contributed by atoms with Gasteiger partial charge in [0.2, 0.25) is 5.54 Å². The molecule has 0 heterocycles. The molecule has 0 spiro atoms. The van der Waals surface area contributed by atoms with Crippen molar-refractivity contribution in [2.45, 2.75) is 18.4 Å². The number of hydrogen-bond donors (Lipinski definition) is 3. The van der Waals surface area contributed by atoms with Crippen LogP contribution in [-0.2, 0) is 10.3 Å². The first-order valence-corrected chi connectivity index (χ1v) is 4.40. The predicted molar refractivity (Wildman–Crippen MR) is 52.2 cm³/mol. The Balaban J connectivity index is 3.46. The molecular formula is C10H11F2NO3. The second kappa shape index (κ2) is 3.71. The topological polar surface area (TPSA) is 83.6 Å². The highest BCUT2D eigenvalue weighted by atomic mass is 19.3. The van der Waals surface area contributed by atoms with Crippen molar-refractivity contribution >= 4 is 5.97 Å². The van der Waals surface area contributed by atoms with E-state index in [1.165, 1.54) is 12.1 Å². The Hall–Kier alpha value is -1.69. The summed E-state index contributed by atoms with van der Waals surface area (Å²) in [6.07, 6.45) is 0. The third-order valence-electron chi connectivity index (χ3n) is 2.36. The van der Waals surface area contributed by atoms with E-state index < -0.39 is 28.7 Å². The molecule has 0 amide bonds. The van der Waals surface area contributed by atoms with Gasteiger partial charge in [0, 0.05) is 12.5 Å². The Morgan fingerprint density at radius 3 is 2.25 bits per heavy atom. The van der Waals surface area contributed by atoms with E-state index in [0.717, 1.165) is 12.1 Å². The molecule has 16 heavy (non-hydrogen) atoms. The van der Waals surface area contributed by atoms with Gasteiger partial charge in [-0.3, -0.25) is 0 Å². The molecule has 4 N–H and O–H groups in total. The molecule has 1 aromatic carbocycles. The molecule has 0 bridgehead atoms. The smallest absolute Gasteiger partial charge is 0.334 e. The quantitative estimate of drug-likeness (QED) is 0.731. The lowest BCUT2D eigenvalue weighted by atomic mass is 9.85. The first-order chi connectivity index (χ1) is 7.21. The Kier molecular flexibility index (Phi) is 2.87. The molecule has 1 atom stereocenters. The number of carboxylic acid groups (broad SMARTS) is 1. The predicted octanol–water partition coefficient (Wildman–Crippen LogP) is 1.29. The number of para-hydroxylation sites is 1. The largest absolute Gasteiger partial charge is 0.508 e. The summed E-state index contributed by atoms with van der Waals surface area (Å²) in [5.41, 5.74) is 1.77. The number of benzene rings is 1. The van der Waals surface area contributed by atoms with Gasteiger partial charge in [-0.25, -0.2) is 13.6 Å². The van der Waals surface area contributed by atoms with Crippen LogP contribution < -0.4 is 5.73 Å². The zero-order valence-corrected chi connectivity index (χ0v) is 8.45. The van der Waals surface area contributed by atoms with Gasteiger partial charge >= 0.3 is 5.97 Å². The Morgan fingerprint density at radius 1 is 1.38 bits per heavy atom. The van der Waals surface area contributed by atoms with E-state index in [2.05, 4.69) is 0 Å². The first-order valence-electron chi connectivity index (χ1n) is 4.40. The van der Waals surface area contributed by atoms with Gasteiger partial charge in [0.15, 0.2) is 0 Å². The number of rotatable bonds is 3. The Morgan fingerprint density at radius 2 is 1.88 bits per heavy atom. The van der Waals surface area contributed by atoms with Crippen LogP contribution in [0, 0.1) is 0 Å². The van der Waals surface area contributed by atoms with Crippen LogP contribution in [0.15, 0.2) is 24.3 Å². The van der Waals surface area contributed by atoms with Crippen molar-refractivity contribution < 1.29 is 23.8 Å². The number of aromatic hydroxyl groups is 1. The monoisotopic (exact) mass is 231 g/mol. The number of aliphatic carboxylic acids is 1. The van der Waals surface area contributed by atoms with Crippen molar-refractivity contribution in [3.05, 3.63) is 29.8 Å². The van der Waals surface area contributed by atoms with Crippen molar-refractivity contribution in [1.82, 2.24) is 0 Å². The van der Waals surface area contributed by atoms with Crippen molar-refractivity contribution in [3.8, 4) is 5.75 Å². The fourth-order valence-corrected chi connectivity index (χ4v) is 1.35. The van der Waals surface area contributed by atoms with E-state index in [1.807, 2.05) is 0 Å². The Bertz CT molecular complexity index is 417. The zero-order chi connectivity index (χ0) is 12.6. The molecule has 6 heteroatoms. The molecule has 4 nitrogen and oxygen atoms in total. The number of alkyl halides is 2. The molecule has 0 aliphatic carbocycles. The first kappa shape index (κ1) is 12.4. The van der Waals surface area contributed by atoms with Gasteiger partial charge in [-0.2, -0.15) is 0 Å². The minimum Gasteiger partial charge on any atom is -0.508 e. The molecule has 1 unspecified atom stereocenters. The summed E-state index contributed by atoms with van der Waals surface area (Å²) in [5, 5.41) is 18.2. The molecule has 0 fully saturated rings. The molecule has 0 aliphatic rings. The minimum atomic E-state index is -3.71. The van der Waals surface area contributed by atoms with E-state index in [4.69, 9.17) is 10.8 Å². The summed E-state index contributed by atoms with van der Waals surface area (Å²) in [4.78, 5) is 10.9. The van der Waals surface area contributed by atoms with Gasteiger partial charge in [0.05, 0.1) is 0 Å². The molecule has 88 valence electrons. The maximum Gasteiger partial charge on any atom is 0.334 e. The lowest BCUT2D eigenvalue weighted by molar-refractivity contribution is -0.160. The van der Waals surface area contributed by atoms with Crippen molar-refractivity contribution in [2.75, 3.05) is 0 Å². The van der Waals surface area contributed by atoms with Crippen molar-refractivity contribution in [1.29, 1.82) is 0 Å². The van der Waals surface area contributed by atoms with Crippen LogP contribution >= 0.6 is 0 Å². The van der Waals surface area contributed by atoms with E-state index in [9.17, 15) is 18.7 Å². The van der Waals surface area contributed by atoms with Crippen LogP contribution in [0.5, 0.6) is 5.75 Å². The second-order valence-corrected chi connectivity index (χ2v) is 3.52. The molecule has 0 saturated heterocycles. The number of carbonyl (C=O) groups is 1. The van der Waals surface area contributed by atoms with Crippen molar-refractivity contribution in [3.63, 3.8) is 0 Å². The van der Waals surface area contributed by atoms with Gasteiger partial charge in [0.25, 0.3) is 5.92 Å². The van der Waals surface area contributed by atoms with E-state index in [1.54, 1.807) is 0 Å². The maximum atomic E-state index is 13.3. The van der Waals surface area contributed by atoms with Crippen LogP contribution in [0.25, 0.3) is 0 Å². The summed E-state index contributed by atoms with van der Waals surface area (Å²) < 4.78 is 26.5. The number of nitrogens with two attached hydrogens (primary N) is 1. The van der Waals surface area contributed by atoms with Gasteiger partial charge in [-0.15, -0.1) is 0 Å². The Labute approximate surface area is 90.3 Å². The molecule has 0 aromatic heterocycles. The highest BCUT2D eigenvalue weighted by molar-refractivity contribution is 5.83. The SMILES string of the molecule is CC(F)(F)C(N)(C(=O)O)c1ccccc1O. The summed E-state index contributed by atoms with van der Waals surface area (Å²) in [7, 11) is 0. The van der Waals surface area contributed by atoms with Crippen LogP contribution in [0.2, 0.25) is 0 Å². The number of phenolic OH excluding ortho intramolecular Hbond substituents is 1. The van der Waals surface area contributed by atoms with E-state index in [0.29, 0.717) is 6.92 Å². The minimum absolute atomic E-state index is 0.396. The maximum absolute atomic E-state index is 13.3. The molecule has 0 saturated carbocycles. The second-order valence-electron chi connectivity index (χ2n) is 3.52. The standard InChI is InChI=1S/C10H11F2NO3/c1-9(11,12)10(13,8(15)16)6-4-2-3-5-7(6)14/h2-5,14H,13H2,1H3,(H,15,16). The zero-order valence-electron chi connectivity index (χ0n) is 8.45. The van der Waals surface area contributed by atoms with Gasteiger partial charge in [-0.05, 0) is 6.07 Å². The van der Waals surface area contributed by atoms with Gasteiger partial charge < -0.3 is 15.9 Å². The van der Waals surface area contributed by atoms with Crippen LogP contribution in [0.3, 0.4) is 0 Å². The fourth-order valence-electron chi connectivity index (χ4n) is 1.35. The van der Waals surface area contributed by atoms with E-state index in [-0.39, 0.29) is 0 Å². The molecule has 1 rings (SSSR count). The van der Waals surface area contributed by atoms with Crippen LogP contribution in [-0.4, -0.2) is 22.1 Å². The normalized spacial score (nSPS) is 15.5. The summed E-state index contributed by atoms with van der Waals surface area (Å²) in [5.74, 6) is -6.19. The number of halogens is 2. The number of carboxylic acids is 1. The molecule has 0 radical (unpaired) electrons. The van der Waals surface area contributed by atoms with Gasteiger partial charge in [0.1, 0.15) is 5.75 Å². The number of phenols is 1. The fraction of sp³-hybridized carbons (Fsp3) is 0.300. The van der Waals surface area contributed by atoms with Crippen LogP contribution in [0.1, 0.15) is 12.5 Å². The van der Waals surface area contributed by atoms with Crippen molar-refractivity contribution in [2.24, 2.45) is 5.73 Å². The molecule has 0 aliphatic heterocycles. The average molecular weight is 231 g/mol. The summed E-state index contributed by atoms with van der Waals surface area (Å²) in [6.45, 7) is 0.396. The summed E-state index contributed by atoms with van der Waals surface area (Å²) >= 11 is 0. The summed E-state index contributed by atoms with van der Waals surface area (Å²) in [6, 6.07) is 4.87.